The van der Waals surface area contributed by atoms with Crippen LogP contribution in [-0.4, -0.2) is 69.6 Å². The molecule has 0 spiro atoms. The highest BCUT2D eigenvalue weighted by molar-refractivity contribution is 5.81. The standard InChI is InChI=1S/C18H36N2O2.C12H25NO3/c1-16(2)17(21)12-8-6-4-3-5-7-11-15-20-18(22)13-9-10-14-19;1-10(2)12(14)9-16-8-7-15-6-5-13-11(3)4/h16H,3-15,19H2,1-2H3,(H,20,22);10-11,13H,5-9H2,1-4H3. The lowest BCUT2D eigenvalue weighted by atomic mass is 10.0. The molecule has 0 heterocycles. The smallest absolute Gasteiger partial charge is 0.219 e. The molecule has 0 aromatic rings. The first-order valence-electron chi connectivity index (χ1n) is 15.0. The number of carbonyl (C=O) groups excluding carboxylic acids is 3. The Bertz CT molecular complexity index is 568. The van der Waals surface area contributed by atoms with Crippen LogP contribution in [0.2, 0.25) is 0 Å². The van der Waals surface area contributed by atoms with Crippen molar-refractivity contribution < 1.29 is 23.9 Å². The minimum absolute atomic E-state index is 0.0520. The molecule has 0 atom stereocenters. The fourth-order valence-corrected chi connectivity index (χ4v) is 3.32. The summed E-state index contributed by atoms with van der Waals surface area (Å²) >= 11 is 0. The Labute approximate surface area is 233 Å². The molecule has 0 rings (SSSR count). The van der Waals surface area contributed by atoms with E-state index in [2.05, 4.69) is 24.5 Å². The molecule has 0 bridgehead atoms. The SMILES string of the molecule is CC(C)C(=O)CCCCCCCCCNC(=O)CCCCN.CC(C)NCCOCCOCC(=O)C(C)C. The molecule has 1 amide bonds. The van der Waals surface area contributed by atoms with Crippen molar-refractivity contribution in [1.82, 2.24) is 10.6 Å². The first-order chi connectivity index (χ1) is 18.1. The zero-order valence-corrected chi connectivity index (χ0v) is 25.6. The highest BCUT2D eigenvalue weighted by atomic mass is 16.5. The van der Waals surface area contributed by atoms with Gasteiger partial charge in [0.1, 0.15) is 12.4 Å². The summed E-state index contributed by atoms with van der Waals surface area (Å²) in [5.41, 5.74) is 5.39. The van der Waals surface area contributed by atoms with E-state index >= 15 is 0 Å². The van der Waals surface area contributed by atoms with Crippen LogP contribution in [0.25, 0.3) is 0 Å². The largest absolute Gasteiger partial charge is 0.378 e. The Morgan fingerprint density at radius 1 is 0.632 bits per heavy atom. The second-order valence-corrected chi connectivity index (χ2v) is 10.8. The van der Waals surface area contributed by atoms with E-state index < -0.39 is 0 Å². The van der Waals surface area contributed by atoms with Gasteiger partial charge in [0, 0.05) is 43.8 Å². The fourth-order valence-electron chi connectivity index (χ4n) is 3.32. The van der Waals surface area contributed by atoms with E-state index in [-0.39, 0.29) is 30.1 Å². The van der Waals surface area contributed by atoms with Gasteiger partial charge < -0.3 is 25.8 Å². The Morgan fingerprint density at radius 2 is 1.18 bits per heavy atom. The number of hydrogen-bond donors (Lipinski definition) is 3. The maximum atomic E-state index is 11.4. The number of nitrogens with two attached hydrogens (primary N) is 1. The topological polar surface area (TPSA) is 120 Å². The summed E-state index contributed by atoms with van der Waals surface area (Å²) in [5, 5.41) is 6.21. The van der Waals surface area contributed by atoms with Gasteiger partial charge in [0.2, 0.25) is 5.91 Å². The van der Waals surface area contributed by atoms with Crippen LogP contribution in [0.1, 0.15) is 112 Å². The van der Waals surface area contributed by atoms with E-state index in [1.165, 1.54) is 25.7 Å². The lowest BCUT2D eigenvalue weighted by molar-refractivity contribution is -0.127. The summed E-state index contributed by atoms with van der Waals surface area (Å²) < 4.78 is 10.5. The minimum atomic E-state index is 0.0520. The van der Waals surface area contributed by atoms with Crippen molar-refractivity contribution in [2.75, 3.05) is 46.1 Å². The first kappa shape index (κ1) is 38.8. The van der Waals surface area contributed by atoms with Crippen LogP contribution in [0.15, 0.2) is 0 Å². The molecule has 4 N–H and O–H groups in total. The average molecular weight is 544 g/mol. The summed E-state index contributed by atoms with van der Waals surface area (Å²) in [5.74, 6) is 0.925. The van der Waals surface area contributed by atoms with Crippen molar-refractivity contribution in [2.24, 2.45) is 17.6 Å². The number of rotatable bonds is 25. The van der Waals surface area contributed by atoms with Crippen LogP contribution in [-0.2, 0) is 23.9 Å². The van der Waals surface area contributed by atoms with E-state index in [1.807, 2.05) is 27.7 Å². The van der Waals surface area contributed by atoms with Crippen molar-refractivity contribution >= 4 is 17.5 Å². The maximum absolute atomic E-state index is 11.4. The Morgan fingerprint density at radius 3 is 1.76 bits per heavy atom. The van der Waals surface area contributed by atoms with Gasteiger partial charge >= 0.3 is 0 Å². The average Bonchev–Trinajstić information content (AvgIpc) is 2.86. The van der Waals surface area contributed by atoms with Crippen molar-refractivity contribution in [1.29, 1.82) is 0 Å². The van der Waals surface area contributed by atoms with Gasteiger partial charge in [0.15, 0.2) is 5.78 Å². The normalized spacial score (nSPS) is 11.1. The van der Waals surface area contributed by atoms with Gasteiger partial charge in [-0.3, -0.25) is 14.4 Å². The molecule has 0 saturated heterocycles. The fraction of sp³-hybridized carbons (Fsp3) is 0.900. The number of unbranched alkanes of at least 4 members (excludes halogenated alkanes) is 7. The summed E-state index contributed by atoms with van der Waals surface area (Å²) in [6, 6.07) is 0.489. The summed E-state index contributed by atoms with van der Waals surface area (Å²) in [4.78, 5) is 34.1. The zero-order chi connectivity index (χ0) is 29.0. The molecule has 0 aromatic heterocycles. The molecule has 0 saturated carbocycles. The van der Waals surface area contributed by atoms with Gasteiger partial charge in [-0.25, -0.2) is 0 Å². The Hall–Kier alpha value is -1.35. The van der Waals surface area contributed by atoms with Crippen LogP contribution >= 0.6 is 0 Å². The second-order valence-electron chi connectivity index (χ2n) is 10.8. The van der Waals surface area contributed by atoms with E-state index in [4.69, 9.17) is 15.2 Å². The lowest BCUT2D eigenvalue weighted by Crippen LogP contribution is -2.27. The van der Waals surface area contributed by atoms with Gasteiger partial charge in [0.25, 0.3) is 0 Å². The number of ether oxygens (including phenoxy) is 2. The van der Waals surface area contributed by atoms with Crippen molar-refractivity contribution in [3.8, 4) is 0 Å². The third-order valence-corrected chi connectivity index (χ3v) is 5.98. The number of nitrogens with one attached hydrogen (secondary N) is 2. The van der Waals surface area contributed by atoms with Gasteiger partial charge in [-0.15, -0.1) is 0 Å². The summed E-state index contributed by atoms with van der Waals surface area (Å²) in [6.07, 6.45) is 11.3. The van der Waals surface area contributed by atoms with E-state index in [9.17, 15) is 14.4 Å². The molecule has 0 aliphatic heterocycles. The molecular weight excluding hydrogens is 482 g/mol. The highest BCUT2D eigenvalue weighted by Gasteiger charge is 2.07. The third-order valence-electron chi connectivity index (χ3n) is 5.98. The molecule has 0 unspecified atom stereocenters. The first-order valence-corrected chi connectivity index (χ1v) is 15.0. The molecule has 0 aliphatic carbocycles. The molecule has 0 radical (unpaired) electrons. The predicted octanol–water partition coefficient (Wildman–Crippen LogP) is 4.82. The van der Waals surface area contributed by atoms with Crippen LogP contribution in [0, 0.1) is 11.8 Å². The van der Waals surface area contributed by atoms with Gasteiger partial charge in [-0.1, -0.05) is 73.6 Å². The van der Waals surface area contributed by atoms with Crippen LogP contribution < -0.4 is 16.4 Å². The zero-order valence-electron chi connectivity index (χ0n) is 25.6. The van der Waals surface area contributed by atoms with E-state index in [0.717, 1.165) is 51.6 Å². The third kappa shape index (κ3) is 30.9. The molecule has 226 valence electrons. The molecule has 8 nitrogen and oxygen atoms in total. The quantitative estimate of drug-likeness (QED) is 0.141. The minimum Gasteiger partial charge on any atom is -0.378 e. The van der Waals surface area contributed by atoms with Crippen LogP contribution in [0.4, 0.5) is 0 Å². The van der Waals surface area contributed by atoms with Crippen LogP contribution in [0.3, 0.4) is 0 Å². The van der Waals surface area contributed by atoms with Crippen LogP contribution in [0.5, 0.6) is 0 Å². The van der Waals surface area contributed by atoms with E-state index in [0.29, 0.717) is 44.6 Å². The second kappa shape index (κ2) is 28.7. The number of carbonyl (C=O) groups is 3. The molecule has 38 heavy (non-hydrogen) atoms. The predicted molar refractivity (Wildman–Crippen MR) is 157 cm³/mol. The van der Waals surface area contributed by atoms with Gasteiger partial charge in [0.05, 0.1) is 19.8 Å². The molecule has 0 fully saturated rings. The Balaban J connectivity index is 0. The number of ketones is 2. The monoisotopic (exact) mass is 543 g/mol. The molecular formula is C30H61N3O5. The molecule has 8 heteroatoms. The van der Waals surface area contributed by atoms with Gasteiger partial charge in [-0.05, 0) is 32.2 Å². The van der Waals surface area contributed by atoms with Gasteiger partial charge in [-0.2, -0.15) is 0 Å². The summed E-state index contributed by atoms with van der Waals surface area (Å²) in [7, 11) is 0. The molecule has 0 aromatic carbocycles. The lowest BCUT2D eigenvalue weighted by Gasteiger charge is -2.09. The highest BCUT2D eigenvalue weighted by Crippen LogP contribution is 2.10. The number of amides is 1. The van der Waals surface area contributed by atoms with Crippen molar-refractivity contribution in [3.05, 3.63) is 0 Å². The number of hydrogen-bond acceptors (Lipinski definition) is 7. The molecule has 0 aliphatic rings. The van der Waals surface area contributed by atoms with E-state index in [1.54, 1.807) is 0 Å². The maximum Gasteiger partial charge on any atom is 0.219 e. The van der Waals surface area contributed by atoms with Crippen molar-refractivity contribution in [3.63, 3.8) is 0 Å². The van der Waals surface area contributed by atoms with Crippen molar-refractivity contribution in [2.45, 2.75) is 118 Å². The Kier molecular flexibility index (Phi) is 29.3. The number of Topliss-reactive ketones (excluding diaryl/α,β-unsaturated/α-hetero) is 2. The summed E-state index contributed by atoms with van der Waals surface area (Å²) in [6.45, 7) is 16.1.